The first-order valence-electron chi connectivity index (χ1n) is 16.5. The maximum Gasteiger partial charge on any atom is 0.268 e. The van der Waals surface area contributed by atoms with Crippen molar-refractivity contribution in [1.82, 2.24) is 0 Å². The van der Waals surface area contributed by atoms with Crippen molar-refractivity contribution in [2.24, 2.45) is 0 Å². The van der Waals surface area contributed by atoms with Crippen molar-refractivity contribution in [2.75, 3.05) is 4.90 Å². The van der Waals surface area contributed by atoms with E-state index in [1.165, 1.54) is 65.1 Å². The molecule has 0 amide bonds. The van der Waals surface area contributed by atoms with Gasteiger partial charge < -0.3 is 9.64 Å². The van der Waals surface area contributed by atoms with Gasteiger partial charge in [0.05, 0.1) is 5.69 Å². The number of nitrogens with zero attached hydrogens (tertiary/aromatic N) is 1. The zero-order chi connectivity index (χ0) is 31.8. The SMILES string of the molecule is CC(C)(C)c1ccc(N2c3cccc4c3B(c3cc5c(cc3O4)C(C)(C)CC5(C)C)c3sc4ccc(C(C)(C)C)cc4c32)cc1. The summed E-state index contributed by atoms with van der Waals surface area (Å²) in [4.78, 5) is 2.52. The minimum atomic E-state index is 0.0617. The van der Waals surface area contributed by atoms with Crippen molar-refractivity contribution in [2.45, 2.75) is 97.3 Å². The van der Waals surface area contributed by atoms with Crippen LogP contribution < -0.4 is 25.3 Å². The number of fused-ring (bicyclic) bond motifs is 7. The number of ether oxygens (including phenoxy) is 1. The number of thiophene rings is 1. The van der Waals surface area contributed by atoms with Crippen LogP contribution in [0, 0.1) is 0 Å². The van der Waals surface area contributed by atoms with Crippen molar-refractivity contribution in [3.05, 3.63) is 95.1 Å². The second-order valence-electron chi connectivity index (χ2n) is 17.0. The van der Waals surface area contributed by atoms with Crippen LogP contribution in [-0.2, 0) is 21.7 Å². The highest BCUT2D eigenvalue weighted by atomic mass is 32.1. The van der Waals surface area contributed by atoms with E-state index in [1.807, 2.05) is 11.3 Å². The van der Waals surface area contributed by atoms with Gasteiger partial charge in [-0.05, 0) is 104 Å². The molecule has 0 N–H and O–H groups in total. The normalized spacial score (nSPS) is 17.5. The molecule has 4 aromatic carbocycles. The smallest absolute Gasteiger partial charge is 0.268 e. The Bertz CT molecular complexity index is 2030. The lowest BCUT2D eigenvalue weighted by Gasteiger charge is -2.39. The molecule has 0 unspecified atom stereocenters. The van der Waals surface area contributed by atoms with Gasteiger partial charge in [0.25, 0.3) is 6.71 Å². The fraction of sp³-hybridized carbons (Fsp3) is 0.366. The maximum absolute atomic E-state index is 6.89. The van der Waals surface area contributed by atoms with Gasteiger partial charge in [0.1, 0.15) is 11.5 Å². The van der Waals surface area contributed by atoms with Crippen LogP contribution in [0.1, 0.15) is 97.9 Å². The highest BCUT2D eigenvalue weighted by molar-refractivity contribution is 7.33. The highest BCUT2D eigenvalue weighted by Crippen LogP contribution is 2.52. The van der Waals surface area contributed by atoms with Crippen molar-refractivity contribution in [3.8, 4) is 11.5 Å². The van der Waals surface area contributed by atoms with E-state index in [4.69, 9.17) is 4.74 Å². The van der Waals surface area contributed by atoms with E-state index >= 15 is 0 Å². The molecule has 5 aromatic rings. The molecule has 228 valence electrons. The quantitative estimate of drug-likeness (QED) is 0.172. The summed E-state index contributed by atoms with van der Waals surface area (Å²) < 4.78 is 9.64. The lowest BCUT2D eigenvalue weighted by atomic mass is 9.36. The Morgan fingerprint density at radius 3 is 2.04 bits per heavy atom. The predicted octanol–water partition coefficient (Wildman–Crippen LogP) is 9.86. The Balaban J connectivity index is 1.43. The predicted molar refractivity (Wildman–Crippen MR) is 196 cm³/mol. The molecule has 8 rings (SSSR count). The minimum absolute atomic E-state index is 0.0617. The summed E-state index contributed by atoms with van der Waals surface area (Å²) in [6, 6.07) is 28.0. The first-order valence-corrected chi connectivity index (χ1v) is 17.3. The Morgan fingerprint density at radius 1 is 0.733 bits per heavy atom. The number of rotatable bonds is 1. The molecule has 45 heavy (non-hydrogen) atoms. The fourth-order valence-electron chi connectivity index (χ4n) is 8.47. The van der Waals surface area contributed by atoms with Gasteiger partial charge in [0.15, 0.2) is 0 Å². The summed E-state index contributed by atoms with van der Waals surface area (Å²) in [6.07, 6.45) is 1.14. The van der Waals surface area contributed by atoms with Gasteiger partial charge in [0.2, 0.25) is 0 Å². The average molecular weight is 610 g/mol. The van der Waals surface area contributed by atoms with E-state index in [0.29, 0.717) is 0 Å². The molecule has 3 aliphatic rings. The molecule has 1 aliphatic carbocycles. The third-order valence-electron chi connectivity index (χ3n) is 10.6. The van der Waals surface area contributed by atoms with Gasteiger partial charge in [-0.15, -0.1) is 11.3 Å². The third kappa shape index (κ3) is 4.21. The summed E-state index contributed by atoms with van der Waals surface area (Å²) in [7, 11) is 0. The summed E-state index contributed by atoms with van der Waals surface area (Å²) in [6.45, 7) is 23.5. The van der Waals surface area contributed by atoms with Crippen molar-refractivity contribution in [1.29, 1.82) is 0 Å². The zero-order valence-corrected chi connectivity index (χ0v) is 29.3. The third-order valence-corrected chi connectivity index (χ3v) is 11.9. The summed E-state index contributed by atoms with van der Waals surface area (Å²) in [5.74, 6) is 2.01. The number of hydrogen-bond donors (Lipinski definition) is 0. The minimum Gasteiger partial charge on any atom is -0.458 e. The molecule has 0 fully saturated rings. The van der Waals surface area contributed by atoms with Gasteiger partial charge in [-0.3, -0.25) is 0 Å². The molecular weight excluding hydrogens is 565 g/mol. The summed E-state index contributed by atoms with van der Waals surface area (Å²) in [5, 5.41) is 1.34. The fourth-order valence-corrected chi connectivity index (χ4v) is 9.77. The Morgan fingerprint density at radius 2 is 1.38 bits per heavy atom. The van der Waals surface area contributed by atoms with Crippen LogP contribution in [0.3, 0.4) is 0 Å². The molecule has 0 bridgehead atoms. The van der Waals surface area contributed by atoms with Gasteiger partial charge in [-0.25, -0.2) is 0 Å². The summed E-state index contributed by atoms with van der Waals surface area (Å²) >= 11 is 1.96. The second-order valence-corrected chi connectivity index (χ2v) is 18.1. The van der Waals surface area contributed by atoms with Crippen LogP contribution in [0.5, 0.6) is 11.5 Å². The molecular formula is C41H44BNOS. The maximum atomic E-state index is 6.89. The van der Waals surface area contributed by atoms with Gasteiger partial charge in [-0.1, -0.05) is 99.6 Å². The van der Waals surface area contributed by atoms with E-state index in [0.717, 1.165) is 17.9 Å². The standard InChI is InChI=1S/C41H44BNOS/c1-38(2,3)24-14-17-26(18-15-24)43-31-12-11-13-32-35(31)42(37-36(43)27-20-25(39(4,5)6)16-19-34(27)45-37)30-21-28-29(22-33(30)44-32)41(9,10)23-40(28,7)8/h11-22H,23H2,1-10H3. The van der Waals surface area contributed by atoms with Crippen molar-refractivity contribution in [3.63, 3.8) is 0 Å². The van der Waals surface area contributed by atoms with E-state index in [2.05, 4.69) is 147 Å². The van der Waals surface area contributed by atoms with Crippen molar-refractivity contribution < 1.29 is 4.74 Å². The summed E-state index contributed by atoms with van der Waals surface area (Å²) in [5.41, 5.74) is 12.4. The van der Waals surface area contributed by atoms with Gasteiger partial charge in [-0.2, -0.15) is 0 Å². The number of benzene rings is 4. The molecule has 3 heterocycles. The van der Waals surface area contributed by atoms with Gasteiger partial charge >= 0.3 is 0 Å². The molecule has 2 nitrogen and oxygen atoms in total. The van der Waals surface area contributed by atoms with E-state index in [-0.39, 0.29) is 28.4 Å². The van der Waals surface area contributed by atoms with Crippen LogP contribution in [0.25, 0.3) is 10.1 Å². The molecule has 1 aromatic heterocycles. The molecule has 0 spiro atoms. The Kier molecular flexibility index (Phi) is 5.83. The zero-order valence-electron chi connectivity index (χ0n) is 28.5. The number of hydrogen-bond acceptors (Lipinski definition) is 3. The van der Waals surface area contributed by atoms with E-state index in [1.54, 1.807) is 0 Å². The first kappa shape index (κ1) is 28.9. The number of anilines is 3. The van der Waals surface area contributed by atoms with Crippen molar-refractivity contribution >= 4 is 60.9 Å². The monoisotopic (exact) mass is 609 g/mol. The van der Waals surface area contributed by atoms with Crippen LogP contribution >= 0.6 is 11.3 Å². The van der Waals surface area contributed by atoms with Crippen LogP contribution in [-0.4, -0.2) is 6.71 Å². The average Bonchev–Trinajstić information content (AvgIpc) is 3.41. The Hall–Kier alpha value is -3.50. The highest BCUT2D eigenvalue weighted by Gasteiger charge is 2.48. The molecule has 0 atom stereocenters. The lowest BCUT2D eigenvalue weighted by molar-refractivity contribution is 0.402. The van der Waals surface area contributed by atoms with Gasteiger partial charge in [0, 0.05) is 26.2 Å². The van der Waals surface area contributed by atoms with Crippen LogP contribution in [0.4, 0.5) is 17.1 Å². The molecule has 0 saturated heterocycles. The Labute approximate surface area is 273 Å². The second kappa shape index (κ2) is 9.07. The van der Waals surface area contributed by atoms with Crippen LogP contribution in [0.2, 0.25) is 0 Å². The van der Waals surface area contributed by atoms with Crippen LogP contribution in [0.15, 0.2) is 72.8 Å². The molecule has 0 radical (unpaired) electrons. The topological polar surface area (TPSA) is 12.5 Å². The first-order chi connectivity index (χ1) is 21.0. The largest absolute Gasteiger partial charge is 0.458 e. The molecule has 2 aliphatic heterocycles. The molecule has 4 heteroatoms. The van der Waals surface area contributed by atoms with E-state index < -0.39 is 0 Å². The van der Waals surface area contributed by atoms with E-state index in [9.17, 15) is 0 Å². The lowest BCUT2D eigenvalue weighted by Crippen LogP contribution is -2.58. The molecule has 0 saturated carbocycles.